The summed E-state index contributed by atoms with van der Waals surface area (Å²) < 4.78 is 4.65. The number of rotatable bonds is 6. The molecule has 21 heavy (non-hydrogen) atoms. The highest BCUT2D eigenvalue weighted by atomic mass is 16.5. The molecule has 0 aromatic heterocycles. The van der Waals surface area contributed by atoms with E-state index < -0.39 is 6.04 Å². The minimum absolute atomic E-state index is 0.311. The molecular formula is C17H26N2O2. The summed E-state index contributed by atoms with van der Waals surface area (Å²) in [6, 6.07) is 10.2. The van der Waals surface area contributed by atoms with E-state index in [-0.39, 0.29) is 5.97 Å². The molecule has 1 aliphatic rings. The molecule has 0 spiro atoms. The van der Waals surface area contributed by atoms with Crippen molar-refractivity contribution in [3.63, 3.8) is 0 Å². The van der Waals surface area contributed by atoms with E-state index in [0.717, 1.165) is 25.6 Å². The molecular weight excluding hydrogens is 264 g/mol. The van der Waals surface area contributed by atoms with Crippen molar-refractivity contribution in [3.8, 4) is 0 Å². The molecule has 4 nitrogen and oxygen atoms in total. The molecule has 1 aromatic carbocycles. The van der Waals surface area contributed by atoms with Crippen molar-refractivity contribution < 1.29 is 9.53 Å². The maximum absolute atomic E-state index is 11.3. The molecule has 0 saturated carbocycles. The molecule has 116 valence electrons. The number of hydrogen-bond donors (Lipinski definition) is 1. The maximum Gasteiger partial charge on any atom is 0.322 e. The van der Waals surface area contributed by atoms with Crippen LogP contribution in [0.5, 0.6) is 0 Å². The third kappa shape index (κ3) is 5.14. The number of benzene rings is 1. The van der Waals surface area contributed by atoms with Crippen LogP contribution in [-0.2, 0) is 16.0 Å². The van der Waals surface area contributed by atoms with E-state index in [1.54, 1.807) is 0 Å². The highest BCUT2D eigenvalue weighted by Crippen LogP contribution is 2.21. The lowest BCUT2D eigenvalue weighted by Gasteiger charge is -2.32. The third-order valence-electron chi connectivity index (χ3n) is 4.33. The monoisotopic (exact) mass is 290 g/mol. The number of nitrogens with zero attached hydrogens (tertiary/aromatic N) is 1. The van der Waals surface area contributed by atoms with Crippen LogP contribution in [0, 0.1) is 5.92 Å². The Hall–Kier alpha value is -1.39. The van der Waals surface area contributed by atoms with Crippen LogP contribution < -0.4 is 5.73 Å². The van der Waals surface area contributed by atoms with Gasteiger partial charge in [0.15, 0.2) is 0 Å². The summed E-state index contributed by atoms with van der Waals surface area (Å²) in [4.78, 5) is 13.7. The van der Waals surface area contributed by atoms with Gasteiger partial charge in [0.1, 0.15) is 6.04 Å². The first-order valence-corrected chi connectivity index (χ1v) is 7.78. The van der Waals surface area contributed by atoms with Gasteiger partial charge in [-0.15, -0.1) is 0 Å². The van der Waals surface area contributed by atoms with Crippen LogP contribution in [0.4, 0.5) is 0 Å². The van der Waals surface area contributed by atoms with Gasteiger partial charge in [0.25, 0.3) is 0 Å². The molecule has 2 N–H and O–H groups in total. The van der Waals surface area contributed by atoms with Crippen LogP contribution in [0.3, 0.4) is 0 Å². The zero-order valence-corrected chi connectivity index (χ0v) is 12.8. The minimum Gasteiger partial charge on any atom is -0.468 e. The van der Waals surface area contributed by atoms with E-state index in [4.69, 9.17) is 5.73 Å². The van der Waals surface area contributed by atoms with E-state index in [9.17, 15) is 4.79 Å². The van der Waals surface area contributed by atoms with Gasteiger partial charge < -0.3 is 15.4 Å². The van der Waals surface area contributed by atoms with Crippen molar-refractivity contribution >= 4 is 5.97 Å². The van der Waals surface area contributed by atoms with Crippen molar-refractivity contribution in [2.45, 2.75) is 31.7 Å². The topological polar surface area (TPSA) is 55.6 Å². The molecule has 1 heterocycles. The minimum atomic E-state index is -0.489. The average molecular weight is 290 g/mol. The fourth-order valence-corrected chi connectivity index (χ4v) is 2.95. The SMILES string of the molecule is COC(=O)C(N)CCN1CCC(Cc2ccccc2)CC1. The fraction of sp³-hybridized carbons (Fsp3) is 0.588. The van der Waals surface area contributed by atoms with E-state index in [1.807, 2.05) is 0 Å². The van der Waals surface area contributed by atoms with Gasteiger partial charge in [-0.05, 0) is 50.3 Å². The second-order valence-corrected chi connectivity index (χ2v) is 5.89. The number of hydrogen-bond acceptors (Lipinski definition) is 4. The Labute approximate surface area is 127 Å². The molecule has 1 aromatic rings. The van der Waals surface area contributed by atoms with Crippen LogP contribution in [0.2, 0.25) is 0 Å². The molecule has 1 saturated heterocycles. The Kier molecular flexibility index (Phi) is 6.21. The Balaban J connectivity index is 1.67. The highest BCUT2D eigenvalue weighted by molar-refractivity contribution is 5.75. The third-order valence-corrected chi connectivity index (χ3v) is 4.33. The second kappa shape index (κ2) is 8.15. The normalized spacial score (nSPS) is 18.4. The van der Waals surface area contributed by atoms with Crippen molar-refractivity contribution in [1.29, 1.82) is 0 Å². The molecule has 0 bridgehead atoms. The largest absolute Gasteiger partial charge is 0.468 e. The number of piperidine rings is 1. The van der Waals surface area contributed by atoms with E-state index in [0.29, 0.717) is 6.42 Å². The van der Waals surface area contributed by atoms with Gasteiger partial charge >= 0.3 is 5.97 Å². The van der Waals surface area contributed by atoms with Crippen LogP contribution in [0.25, 0.3) is 0 Å². The van der Waals surface area contributed by atoms with Crippen molar-refractivity contribution in [2.24, 2.45) is 11.7 Å². The number of ether oxygens (including phenoxy) is 1. The van der Waals surface area contributed by atoms with E-state index >= 15 is 0 Å². The first-order valence-electron chi connectivity index (χ1n) is 7.78. The van der Waals surface area contributed by atoms with Gasteiger partial charge in [-0.3, -0.25) is 4.79 Å². The van der Waals surface area contributed by atoms with Gasteiger partial charge in [0.2, 0.25) is 0 Å². The molecule has 1 fully saturated rings. The summed E-state index contributed by atoms with van der Waals surface area (Å²) >= 11 is 0. The molecule has 1 atom stereocenters. The lowest BCUT2D eigenvalue weighted by atomic mass is 9.90. The predicted molar refractivity (Wildman–Crippen MR) is 83.9 cm³/mol. The zero-order valence-electron chi connectivity index (χ0n) is 12.8. The first kappa shape index (κ1) is 16.0. The van der Waals surface area contributed by atoms with Gasteiger partial charge in [0.05, 0.1) is 7.11 Å². The van der Waals surface area contributed by atoms with Gasteiger partial charge in [-0.2, -0.15) is 0 Å². The van der Waals surface area contributed by atoms with Gasteiger partial charge in [-0.25, -0.2) is 0 Å². The van der Waals surface area contributed by atoms with Crippen molar-refractivity contribution in [1.82, 2.24) is 4.90 Å². The van der Waals surface area contributed by atoms with E-state index in [2.05, 4.69) is 40.0 Å². The fourth-order valence-electron chi connectivity index (χ4n) is 2.95. The molecule has 0 amide bonds. The average Bonchev–Trinajstić information content (AvgIpc) is 2.54. The number of methoxy groups -OCH3 is 1. The smallest absolute Gasteiger partial charge is 0.322 e. The van der Waals surface area contributed by atoms with Gasteiger partial charge in [0, 0.05) is 6.54 Å². The van der Waals surface area contributed by atoms with Crippen LogP contribution in [0.1, 0.15) is 24.8 Å². The Bertz CT molecular complexity index is 428. The summed E-state index contributed by atoms with van der Waals surface area (Å²) in [5.41, 5.74) is 7.21. The molecule has 0 aliphatic carbocycles. The Morgan fingerprint density at radius 3 is 2.62 bits per heavy atom. The molecule has 0 radical (unpaired) electrons. The van der Waals surface area contributed by atoms with Crippen molar-refractivity contribution in [2.75, 3.05) is 26.7 Å². The van der Waals surface area contributed by atoms with Crippen molar-refractivity contribution in [3.05, 3.63) is 35.9 Å². The Morgan fingerprint density at radius 2 is 2.00 bits per heavy atom. The summed E-state index contributed by atoms with van der Waals surface area (Å²) in [6.07, 6.45) is 4.30. The lowest BCUT2D eigenvalue weighted by molar-refractivity contribution is -0.142. The quantitative estimate of drug-likeness (QED) is 0.812. The first-order chi connectivity index (χ1) is 10.2. The molecule has 1 unspecified atom stereocenters. The maximum atomic E-state index is 11.3. The van der Waals surface area contributed by atoms with E-state index in [1.165, 1.54) is 31.9 Å². The van der Waals surface area contributed by atoms with Crippen LogP contribution >= 0.6 is 0 Å². The zero-order chi connectivity index (χ0) is 15.1. The number of nitrogens with two attached hydrogens (primary N) is 1. The summed E-state index contributed by atoms with van der Waals surface area (Å²) in [7, 11) is 1.39. The summed E-state index contributed by atoms with van der Waals surface area (Å²) in [6.45, 7) is 3.09. The number of esters is 1. The molecule has 1 aliphatic heterocycles. The van der Waals surface area contributed by atoms with Crippen LogP contribution in [0.15, 0.2) is 30.3 Å². The number of likely N-dealkylation sites (tertiary alicyclic amines) is 1. The number of carbonyl (C=O) groups is 1. The summed E-state index contributed by atoms with van der Waals surface area (Å²) in [5.74, 6) is 0.465. The predicted octanol–water partition coefficient (Wildman–Crippen LogP) is 1.83. The lowest BCUT2D eigenvalue weighted by Crippen LogP contribution is -2.39. The standard InChI is InChI=1S/C17H26N2O2/c1-21-17(20)16(18)9-12-19-10-7-15(8-11-19)13-14-5-3-2-4-6-14/h2-6,15-16H,7-13,18H2,1H3. The number of carbonyl (C=O) groups excluding carboxylic acids is 1. The highest BCUT2D eigenvalue weighted by Gasteiger charge is 2.21. The van der Waals surface area contributed by atoms with Crippen LogP contribution in [-0.4, -0.2) is 43.7 Å². The van der Waals surface area contributed by atoms with Gasteiger partial charge in [-0.1, -0.05) is 30.3 Å². The molecule has 2 rings (SSSR count). The molecule has 4 heteroatoms. The summed E-state index contributed by atoms with van der Waals surface area (Å²) in [5, 5.41) is 0. The Morgan fingerprint density at radius 1 is 1.33 bits per heavy atom. The second-order valence-electron chi connectivity index (χ2n) is 5.89.